The lowest BCUT2D eigenvalue weighted by atomic mass is 10.00. The maximum Gasteiger partial charge on any atom is 0.305 e. The van der Waals surface area contributed by atoms with Crippen molar-refractivity contribution in [2.75, 3.05) is 43.4 Å². The van der Waals surface area contributed by atoms with E-state index in [-0.39, 0.29) is 110 Å². The summed E-state index contributed by atoms with van der Waals surface area (Å²) in [6.45, 7) is 6.85. The summed E-state index contributed by atoms with van der Waals surface area (Å²) in [4.78, 5) is 305. The average Bonchev–Trinajstić information content (AvgIpc) is 0.853. The Bertz CT molecular complexity index is 4950. The Kier molecular flexibility index (Phi) is 49.2. The highest BCUT2D eigenvalue weighted by Crippen LogP contribution is 2.26. The number of carbonyl (C=O) groups excluding carboxylic acids is 18. The van der Waals surface area contributed by atoms with Gasteiger partial charge in [0.2, 0.25) is 106 Å². The van der Waals surface area contributed by atoms with Crippen LogP contribution in [0.4, 0.5) is 0 Å². The number of nitrogens with one attached hydrogen (secondary N) is 16. The smallest absolute Gasteiger partial charge is 0.305 e. The van der Waals surface area contributed by atoms with Gasteiger partial charge in [0.25, 0.3) is 0 Å². The van der Waals surface area contributed by atoms with Gasteiger partial charge in [-0.15, -0.1) is 0 Å². The Hall–Kier alpha value is -14.1. The number of hydrogen-bond donors (Lipinski definition) is 27. The number of carbonyl (C=O) groups is 21. The second kappa shape index (κ2) is 59.2. The first-order chi connectivity index (χ1) is 66.0. The Labute approximate surface area is 818 Å². The number of thioether (sulfide) groups is 3. The molecule has 0 saturated carbocycles. The number of nitrogens with two attached hydrogens (primary N) is 7. The maximum absolute atomic E-state index is 15.5. The van der Waals surface area contributed by atoms with E-state index in [1.165, 1.54) is 45.0 Å². The van der Waals surface area contributed by atoms with Crippen molar-refractivity contribution in [2.24, 2.45) is 62.0 Å². The lowest BCUT2D eigenvalue weighted by Gasteiger charge is -2.29. The summed E-state index contributed by atoms with van der Waals surface area (Å²) in [6.07, 6.45) is -7.18. The van der Waals surface area contributed by atoms with Crippen LogP contribution in [0.2, 0.25) is 0 Å². The number of guanidine groups is 2. The van der Waals surface area contributed by atoms with E-state index in [0.717, 1.165) is 42.2 Å². The van der Waals surface area contributed by atoms with Crippen LogP contribution >= 0.6 is 35.3 Å². The van der Waals surface area contributed by atoms with Gasteiger partial charge in [-0.2, -0.15) is 35.3 Å². The summed E-state index contributed by atoms with van der Waals surface area (Å²) in [5, 5.41) is 80.4. The first kappa shape index (κ1) is 116. The molecule has 140 heavy (non-hydrogen) atoms. The highest BCUT2D eigenvalue weighted by molar-refractivity contribution is 7.99. The fourth-order valence-corrected chi connectivity index (χ4v) is 16.8. The number of aliphatic imine (C=N–C) groups is 2. The van der Waals surface area contributed by atoms with Crippen LogP contribution in [0, 0.1) is 11.8 Å². The molecule has 50 nitrogen and oxygen atoms in total. The summed E-state index contributed by atoms with van der Waals surface area (Å²) in [5.74, 6) is -29.1. The minimum absolute atomic E-state index is 0.00363. The molecule has 5 rings (SSSR count). The molecular formula is C87H127N25O25S3. The second-order valence-electron chi connectivity index (χ2n) is 33.9. The van der Waals surface area contributed by atoms with Crippen LogP contribution in [-0.4, -0.2) is 291 Å². The predicted octanol–water partition coefficient (Wildman–Crippen LogP) is -7.63. The van der Waals surface area contributed by atoms with E-state index in [0.29, 0.717) is 22.3 Å². The van der Waals surface area contributed by atoms with Crippen molar-refractivity contribution in [3.8, 4) is 5.75 Å². The molecular weight excluding hydrogens is 1890 g/mol. The summed E-state index contributed by atoms with van der Waals surface area (Å²) in [7, 11) is 0. The molecule has 0 unspecified atom stereocenters. The molecule has 0 aromatic heterocycles. The topological polar surface area (TPSA) is 839 Å². The lowest BCUT2D eigenvalue weighted by Crippen LogP contribution is -2.62. The number of phenols is 1. The highest BCUT2D eigenvalue weighted by atomic mass is 32.2. The third-order valence-electron chi connectivity index (χ3n) is 21.0. The van der Waals surface area contributed by atoms with Gasteiger partial charge in [-0.1, -0.05) is 88.4 Å². The molecule has 0 saturated heterocycles. The van der Waals surface area contributed by atoms with Crippen molar-refractivity contribution in [3.05, 3.63) is 101 Å². The van der Waals surface area contributed by atoms with E-state index in [1.54, 1.807) is 62.4 Å². The van der Waals surface area contributed by atoms with Crippen molar-refractivity contribution >= 4 is 171 Å². The molecule has 4 bridgehead atoms. The van der Waals surface area contributed by atoms with Crippen LogP contribution in [0.25, 0.3) is 0 Å². The number of hydrogen-bond acceptors (Lipinski definition) is 28. The highest BCUT2D eigenvalue weighted by Gasteiger charge is 2.40. The van der Waals surface area contributed by atoms with Crippen LogP contribution in [0.1, 0.15) is 140 Å². The lowest BCUT2D eigenvalue weighted by molar-refractivity contribution is -0.142. The van der Waals surface area contributed by atoms with Gasteiger partial charge < -0.3 is 146 Å². The molecule has 18 amide bonds. The van der Waals surface area contributed by atoms with Crippen molar-refractivity contribution in [2.45, 2.75) is 233 Å². The molecule has 34 N–H and O–H groups in total. The number of nitrogens with zero attached hydrogens (tertiary/aromatic N) is 2. The normalized spacial score (nSPS) is 23.3. The standard InChI is InChI=1S/C87H127N25O25S3/c1-42(2)26-56-78(130)103-53(15-11-25-96-87(93)94)75(127)99-45(6)72(124)101-54(20-22-64(89)114)76(128)104-55(21-23-67(117)118)77(129)106-60(33-69(121)122)82(134)111-63-41-140-38-50-28-48(27-49(29-50)37-139-40-62(83(135)105-56)109-71(123)44(5)88)36-138-39-61(74(126)97-34-65(90)115)110-79(131)57(30-46-12-8-7-9-13-46)100-66(116)35-98-73(125)52(14-10-24-95-86(91)92)102-81(133)59(32-68(119)120)107-80(132)58(31-47-16-18-51(113)19-17-47)108-85(137)70(43(3)4)112-84(63)136/h7-9,12-13,16-19,27-29,42-45,52-63,70,113H,10-11,14-15,20-26,30-41,88H2,1-6H3,(H2,89,114)(H2,90,115)(H,97,126)(H,98,125)(H,99,127)(H,100,116)(H,101,124)(H,102,133)(H,103,130)(H,104,128)(H,105,135)(H,106,129)(H,107,132)(H,108,137)(H,109,123)(H,110,131)(H,111,134)(H,112,136)(H,117,118)(H,119,120)(H,121,122)(H4,91,92,95)(H4,93,94,96)/t44-,45-,52-,53-,54-,55-,56-,57-,58-,59-,60-,61-,62-,63-,70+/m0/s1. The van der Waals surface area contributed by atoms with Crippen LogP contribution in [0.15, 0.2) is 82.8 Å². The number of benzene rings is 3. The van der Waals surface area contributed by atoms with E-state index < -0.39 is 285 Å². The molecule has 768 valence electrons. The summed E-state index contributed by atoms with van der Waals surface area (Å²) >= 11 is 3.00. The van der Waals surface area contributed by atoms with Gasteiger partial charge in [0.05, 0.1) is 32.0 Å². The van der Waals surface area contributed by atoms with E-state index in [9.17, 15) is 107 Å². The van der Waals surface area contributed by atoms with E-state index in [1.807, 2.05) is 0 Å². The fraction of sp³-hybridized carbons (Fsp3) is 0.529. The first-order valence-corrected chi connectivity index (χ1v) is 48.1. The number of aromatic hydroxyl groups is 1. The molecule has 2 aliphatic rings. The van der Waals surface area contributed by atoms with Gasteiger partial charge in [-0.05, 0) is 111 Å². The van der Waals surface area contributed by atoms with Crippen molar-refractivity contribution < 1.29 is 121 Å². The minimum atomic E-state index is -2.29. The molecule has 0 spiro atoms. The zero-order valence-electron chi connectivity index (χ0n) is 78.0. The van der Waals surface area contributed by atoms with E-state index in [4.69, 9.17) is 40.1 Å². The first-order valence-electron chi connectivity index (χ1n) is 44.6. The predicted molar refractivity (Wildman–Crippen MR) is 512 cm³/mol. The zero-order chi connectivity index (χ0) is 104. The maximum atomic E-state index is 15.5. The Morgan fingerprint density at radius 3 is 1.38 bits per heavy atom. The Morgan fingerprint density at radius 1 is 0.443 bits per heavy atom. The molecule has 0 aliphatic carbocycles. The van der Waals surface area contributed by atoms with Gasteiger partial charge in [0.1, 0.15) is 90.3 Å². The molecule has 53 heteroatoms. The van der Waals surface area contributed by atoms with Crippen LogP contribution < -0.4 is 125 Å². The van der Waals surface area contributed by atoms with Gasteiger partial charge in [-0.3, -0.25) is 111 Å². The number of amides is 18. The van der Waals surface area contributed by atoms with Crippen LogP contribution in [0.5, 0.6) is 5.75 Å². The van der Waals surface area contributed by atoms with Crippen molar-refractivity contribution in [1.82, 2.24) is 85.1 Å². The zero-order valence-corrected chi connectivity index (χ0v) is 80.5. The fourth-order valence-electron chi connectivity index (χ4n) is 13.8. The molecule has 3 aromatic carbocycles. The number of carboxylic acids is 3. The van der Waals surface area contributed by atoms with Crippen molar-refractivity contribution in [3.63, 3.8) is 0 Å². The number of carboxylic acid groups (broad SMARTS) is 3. The molecule has 0 radical (unpaired) electrons. The summed E-state index contributed by atoms with van der Waals surface area (Å²) in [6, 6.07) is -7.96. The number of fused-ring (bicyclic) bond motifs is 5. The molecule has 3 aromatic rings. The Balaban J connectivity index is 1.84. The average molecular weight is 2020 g/mol. The van der Waals surface area contributed by atoms with Crippen molar-refractivity contribution in [1.29, 1.82) is 0 Å². The number of primary amides is 2. The van der Waals surface area contributed by atoms with Gasteiger partial charge >= 0.3 is 17.9 Å². The molecule has 2 aliphatic heterocycles. The van der Waals surface area contributed by atoms with Gasteiger partial charge in [0.15, 0.2) is 11.9 Å². The van der Waals surface area contributed by atoms with Crippen LogP contribution in [0.3, 0.4) is 0 Å². The third kappa shape index (κ3) is 43.3. The minimum Gasteiger partial charge on any atom is -0.508 e. The van der Waals surface area contributed by atoms with E-state index in [2.05, 4.69) is 95.1 Å². The largest absolute Gasteiger partial charge is 0.508 e. The summed E-state index contributed by atoms with van der Waals surface area (Å²) < 4.78 is 0. The SMILES string of the molecule is CC(C)C[C@@H]1NC(=O)[C@@H](NC(=O)[C@H](C)N)CSCc2cc3cc(c2)CSC[C@H](NC(=O)[C@H](CC(=O)O)NC(=O)[C@H](CCC(=O)O)NC(=O)[C@H](CCC(N)=O)NC(=O)[C@H](C)NC(=O)[C@H](CCCN=C(N)N)NC1=O)C(=O)N[C@H](C(C)C)C(=O)N[C@@H](Cc1ccc(O)cc1)C(=O)N[C@@H](CC(=O)O)C(=O)N[C@@H](CCCN=C(N)N)C(=O)NCC(=O)N[C@@H](Cc1ccccc1)C(=O)N[C@H](C(=O)NCC(N)=O)CSC3. The number of phenolic OH excluding ortho intramolecular Hbond substituents is 1. The monoisotopic (exact) mass is 2020 g/mol. The summed E-state index contributed by atoms with van der Waals surface area (Å²) in [5.41, 5.74) is 41.3. The van der Waals surface area contributed by atoms with Gasteiger partial charge in [0, 0.05) is 73.3 Å². The third-order valence-corrected chi connectivity index (χ3v) is 24.3. The molecule has 2 heterocycles. The molecule has 0 fully saturated rings. The quantitative estimate of drug-likeness (QED) is 0.0167. The van der Waals surface area contributed by atoms with Gasteiger partial charge in [-0.25, -0.2) is 0 Å². The van der Waals surface area contributed by atoms with E-state index >= 15 is 14.4 Å². The second-order valence-corrected chi connectivity index (χ2v) is 37.0. The Morgan fingerprint density at radius 2 is 0.879 bits per heavy atom. The number of rotatable bonds is 30. The molecule has 15 atom stereocenters. The number of aliphatic carboxylic acids is 3. The van der Waals surface area contributed by atoms with Crippen LogP contribution in [-0.2, 0) is 131 Å².